The van der Waals surface area contributed by atoms with Crippen LogP contribution in [0.2, 0.25) is 0 Å². The van der Waals surface area contributed by atoms with Gasteiger partial charge in [0.2, 0.25) is 0 Å². The SMILES string of the molecule is CCNC(=NCC(O)c1cccc(OC)c1)N1CCSC(C)(C)C1. The number of benzene rings is 1. The summed E-state index contributed by atoms with van der Waals surface area (Å²) in [6.45, 7) is 9.68. The number of ether oxygens (including phenoxy) is 1. The molecule has 1 aromatic rings. The molecule has 0 aliphatic carbocycles. The first-order valence-corrected chi connectivity index (χ1v) is 9.43. The second-order valence-electron chi connectivity index (χ2n) is 6.52. The normalized spacial score (nSPS) is 19.0. The van der Waals surface area contributed by atoms with Crippen molar-refractivity contribution in [3.63, 3.8) is 0 Å². The second kappa shape index (κ2) is 8.62. The fourth-order valence-electron chi connectivity index (χ4n) is 2.75. The maximum Gasteiger partial charge on any atom is 0.194 e. The first kappa shape index (κ1) is 18.9. The van der Waals surface area contributed by atoms with Gasteiger partial charge in [0.25, 0.3) is 0 Å². The highest BCUT2D eigenvalue weighted by Gasteiger charge is 2.28. The Bertz CT molecular complexity index is 563. The number of aliphatic hydroxyl groups is 1. The number of hydrogen-bond donors (Lipinski definition) is 2. The minimum absolute atomic E-state index is 0.222. The molecule has 134 valence electrons. The van der Waals surface area contributed by atoms with Crippen LogP contribution in [0.15, 0.2) is 29.3 Å². The number of guanidine groups is 1. The number of rotatable bonds is 5. The number of methoxy groups -OCH3 is 1. The zero-order chi connectivity index (χ0) is 17.6. The molecular formula is C18H29N3O2S. The van der Waals surface area contributed by atoms with Gasteiger partial charge >= 0.3 is 0 Å². The van der Waals surface area contributed by atoms with Crippen molar-refractivity contribution in [2.75, 3.05) is 39.0 Å². The lowest BCUT2D eigenvalue weighted by Gasteiger charge is -2.39. The third kappa shape index (κ3) is 5.31. The molecule has 0 radical (unpaired) electrons. The number of hydrogen-bond acceptors (Lipinski definition) is 4. The van der Waals surface area contributed by atoms with Crippen molar-refractivity contribution in [3.05, 3.63) is 29.8 Å². The molecule has 0 bridgehead atoms. The maximum absolute atomic E-state index is 10.4. The van der Waals surface area contributed by atoms with E-state index in [4.69, 9.17) is 4.74 Å². The lowest BCUT2D eigenvalue weighted by atomic mass is 10.1. The molecule has 0 aromatic heterocycles. The van der Waals surface area contributed by atoms with Gasteiger partial charge < -0.3 is 20.1 Å². The number of thioether (sulfide) groups is 1. The van der Waals surface area contributed by atoms with Crippen molar-refractivity contribution in [1.29, 1.82) is 0 Å². The summed E-state index contributed by atoms with van der Waals surface area (Å²) in [4.78, 5) is 6.96. The summed E-state index contributed by atoms with van der Waals surface area (Å²) in [5.74, 6) is 2.72. The van der Waals surface area contributed by atoms with Gasteiger partial charge in [0, 0.05) is 30.1 Å². The molecule has 0 amide bonds. The Morgan fingerprint density at radius 2 is 2.29 bits per heavy atom. The number of aliphatic hydroxyl groups excluding tert-OH is 1. The fraction of sp³-hybridized carbons (Fsp3) is 0.611. The standard InChI is InChI=1S/C18H29N3O2S/c1-5-19-17(21-9-10-24-18(2,3)13-21)20-12-16(22)14-7-6-8-15(11-14)23-4/h6-8,11,16,22H,5,9-10,12-13H2,1-4H3,(H,19,20). The van der Waals surface area contributed by atoms with Gasteiger partial charge in [-0.05, 0) is 38.5 Å². The van der Waals surface area contributed by atoms with E-state index < -0.39 is 6.10 Å². The molecule has 0 spiro atoms. The molecule has 5 nitrogen and oxygen atoms in total. The first-order valence-electron chi connectivity index (χ1n) is 8.44. The predicted octanol–water partition coefficient (Wildman–Crippen LogP) is 2.52. The summed E-state index contributed by atoms with van der Waals surface area (Å²) in [5, 5.41) is 13.8. The van der Waals surface area contributed by atoms with Crippen LogP contribution < -0.4 is 10.1 Å². The van der Waals surface area contributed by atoms with Gasteiger partial charge in [-0.1, -0.05) is 12.1 Å². The summed E-state index contributed by atoms with van der Waals surface area (Å²) in [6.07, 6.45) is -0.638. The summed E-state index contributed by atoms with van der Waals surface area (Å²) in [6, 6.07) is 7.51. The lowest BCUT2D eigenvalue weighted by Crippen LogP contribution is -2.51. The lowest BCUT2D eigenvalue weighted by molar-refractivity contribution is 0.186. The van der Waals surface area contributed by atoms with E-state index in [1.165, 1.54) is 0 Å². The summed E-state index contributed by atoms with van der Waals surface area (Å²) < 4.78 is 5.44. The first-order chi connectivity index (χ1) is 11.4. The molecular weight excluding hydrogens is 322 g/mol. The Balaban J connectivity index is 2.06. The molecule has 0 saturated carbocycles. The zero-order valence-electron chi connectivity index (χ0n) is 15.1. The Morgan fingerprint density at radius 3 is 2.96 bits per heavy atom. The average Bonchev–Trinajstić information content (AvgIpc) is 2.57. The number of aliphatic imine (C=N–C) groups is 1. The van der Waals surface area contributed by atoms with Crippen LogP contribution in [0.5, 0.6) is 5.75 Å². The molecule has 1 saturated heterocycles. The van der Waals surface area contributed by atoms with Crippen LogP contribution >= 0.6 is 11.8 Å². The smallest absolute Gasteiger partial charge is 0.194 e. The predicted molar refractivity (Wildman–Crippen MR) is 102 cm³/mol. The fourth-order valence-corrected chi connectivity index (χ4v) is 3.86. The van der Waals surface area contributed by atoms with E-state index in [9.17, 15) is 5.11 Å². The van der Waals surface area contributed by atoms with E-state index in [1.807, 2.05) is 36.0 Å². The van der Waals surface area contributed by atoms with Crippen molar-refractivity contribution in [3.8, 4) is 5.75 Å². The van der Waals surface area contributed by atoms with Gasteiger partial charge in [0.15, 0.2) is 5.96 Å². The van der Waals surface area contributed by atoms with Crippen molar-refractivity contribution in [1.82, 2.24) is 10.2 Å². The highest BCUT2D eigenvalue weighted by Crippen LogP contribution is 2.29. The van der Waals surface area contributed by atoms with Gasteiger partial charge in [-0.3, -0.25) is 4.99 Å². The van der Waals surface area contributed by atoms with Gasteiger partial charge in [-0.25, -0.2) is 0 Å². The van der Waals surface area contributed by atoms with Crippen molar-refractivity contribution >= 4 is 17.7 Å². The van der Waals surface area contributed by atoms with Gasteiger partial charge in [0.05, 0.1) is 19.8 Å². The van der Waals surface area contributed by atoms with E-state index in [2.05, 4.69) is 36.0 Å². The van der Waals surface area contributed by atoms with E-state index in [-0.39, 0.29) is 4.75 Å². The van der Waals surface area contributed by atoms with Crippen molar-refractivity contribution in [2.24, 2.45) is 4.99 Å². The van der Waals surface area contributed by atoms with E-state index in [1.54, 1.807) is 7.11 Å². The molecule has 1 atom stereocenters. The molecule has 6 heteroatoms. The highest BCUT2D eigenvalue weighted by atomic mass is 32.2. The second-order valence-corrected chi connectivity index (χ2v) is 8.32. The summed E-state index contributed by atoms with van der Waals surface area (Å²) in [7, 11) is 1.63. The summed E-state index contributed by atoms with van der Waals surface area (Å²) in [5.41, 5.74) is 0.823. The quantitative estimate of drug-likeness (QED) is 0.631. The third-order valence-electron chi connectivity index (χ3n) is 3.95. The Labute approximate surface area is 149 Å². The van der Waals surface area contributed by atoms with Crippen LogP contribution in [-0.2, 0) is 0 Å². The van der Waals surface area contributed by atoms with Gasteiger partial charge in [-0.15, -0.1) is 0 Å². The third-order valence-corrected chi connectivity index (χ3v) is 5.25. The highest BCUT2D eigenvalue weighted by molar-refractivity contribution is 8.00. The number of nitrogens with zero attached hydrogens (tertiary/aromatic N) is 2. The molecule has 1 unspecified atom stereocenters. The van der Waals surface area contributed by atoms with Crippen molar-refractivity contribution < 1.29 is 9.84 Å². The van der Waals surface area contributed by atoms with Gasteiger partial charge in [-0.2, -0.15) is 11.8 Å². The summed E-state index contributed by atoms with van der Waals surface area (Å²) >= 11 is 2.00. The molecule has 1 aliphatic heterocycles. The number of nitrogens with one attached hydrogen (secondary N) is 1. The van der Waals surface area contributed by atoms with Crippen LogP contribution in [0.3, 0.4) is 0 Å². The van der Waals surface area contributed by atoms with E-state index >= 15 is 0 Å². The molecule has 1 aliphatic rings. The van der Waals surface area contributed by atoms with Crippen LogP contribution in [0.1, 0.15) is 32.4 Å². The van der Waals surface area contributed by atoms with E-state index in [0.717, 1.165) is 42.7 Å². The molecule has 1 aromatic carbocycles. The Hall–Kier alpha value is -1.40. The van der Waals surface area contributed by atoms with Crippen LogP contribution in [0.25, 0.3) is 0 Å². The largest absolute Gasteiger partial charge is 0.497 e. The molecule has 1 heterocycles. The minimum Gasteiger partial charge on any atom is -0.497 e. The van der Waals surface area contributed by atoms with Crippen LogP contribution in [0, 0.1) is 0 Å². The van der Waals surface area contributed by atoms with Crippen molar-refractivity contribution in [2.45, 2.75) is 31.6 Å². The van der Waals surface area contributed by atoms with E-state index in [0.29, 0.717) is 6.54 Å². The Kier molecular flexibility index (Phi) is 6.80. The Morgan fingerprint density at radius 1 is 1.50 bits per heavy atom. The topological polar surface area (TPSA) is 57.1 Å². The maximum atomic E-state index is 10.4. The molecule has 2 rings (SSSR count). The zero-order valence-corrected chi connectivity index (χ0v) is 15.9. The monoisotopic (exact) mass is 351 g/mol. The molecule has 2 N–H and O–H groups in total. The molecule has 1 fully saturated rings. The van der Waals surface area contributed by atoms with Gasteiger partial charge in [0.1, 0.15) is 5.75 Å². The average molecular weight is 352 g/mol. The van der Waals surface area contributed by atoms with Crippen LogP contribution in [0.4, 0.5) is 0 Å². The van der Waals surface area contributed by atoms with Crippen LogP contribution in [-0.4, -0.2) is 59.8 Å². The minimum atomic E-state index is -0.638. The molecule has 24 heavy (non-hydrogen) atoms.